The molecule has 0 radical (unpaired) electrons. The van der Waals surface area contributed by atoms with Gasteiger partial charge in [0.2, 0.25) is 0 Å². The first-order valence-electron chi connectivity index (χ1n) is 8.16. The third kappa shape index (κ3) is 3.91. The Kier molecular flexibility index (Phi) is 4.95. The van der Waals surface area contributed by atoms with Gasteiger partial charge in [-0.05, 0) is 12.8 Å². The van der Waals surface area contributed by atoms with Crippen molar-refractivity contribution in [2.24, 2.45) is 0 Å². The third-order valence-electron chi connectivity index (χ3n) is 4.29. The summed E-state index contributed by atoms with van der Waals surface area (Å²) in [6.45, 7) is 0.406. The van der Waals surface area contributed by atoms with Crippen LogP contribution in [0.5, 0.6) is 0 Å². The van der Waals surface area contributed by atoms with E-state index in [4.69, 9.17) is 0 Å². The summed E-state index contributed by atoms with van der Waals surface area (Å²) in [6.07, 6.45) is 13.9. The van der Waals surface area contributed by atoms with Gasteiger partial charge in [0.05, 0.1) is 30.7 Å². The van der Waals surface area contributed by atoms with Gasteiger partial charge in [-0.3, -0.25) is 14.8 Å². The number of amides is 1. The Hall–Kier alpha value is -2.31. The molecule has 1 aliphatic carbocycles. The zero-order valence-electron chi connectivity index (χ0n) is 13.4. The number of hydrogen-bond donors (Lipinski definition) is 0. The monoisotopic (exact) mass is 314 g/mol. The molecular formula is C16H22N6O. The highest BCUT2D eigenvalue weighted by Gasteiger charge is 2.20. The molecule has 0 N–H and O–H groups in total. The van der Waals surface area contributed by atoms with E-state index in [2.05, 4.69) is 20.3 Å². The van der Waals surface area contributed by atoms with E-state index < -0.39 is 0 Å². The summed E-state index contributed by atoms with van der Waals surface area (Å²) in [5.41, 5.74) is 1.14. The van der Waals surface area contributed by atoms with Gasteiger partial charge >= 0.3 is 0 Å². The molecule has 3 rings (SSSR count). The first-order chi connectivity index (χ1) is 11.2. The lowest BCUT2D eigenvalue weighted by molar-refractivity contribution is 0.0777. The molecule has 0 aliphatic heterocycles. The molecule has 0 atom stereocenters. The molecule has 0 spiro atoms. The summed E-state index contributed by atoms with van der Waals surface area (Å²) in [6, 6.07) is 0.372. The zero-order valence-corrected chi connectivity index (χ0v) is 13.4. The molecule has 2 aromatic heterocycles. The fourth-order valence-electron chi connectivity index (χ4n) is 3.00. The predicted molar refractivity (Wildman–Crippen MR) is 84.6 cm³/mol. The first kappa shape index (κ1) is 15.6. The molecule has 0 saturated heterocycles. The van der Waals surface area contributed by atoms with E-state index in [-0.39, 0.29) is 5.91 Å². The first-order valence-corrected chi connectivity index (χ1v) is 8.16. The smallest absolute Gasteiger partial charge is 0.276 e. The fourth-order valence-corrected chi connectivity index (χ4v) is 3.00. The Morgan fingerprint density at radius 2 is 2.04 bits per heavy atom. The summed E-state index contributed by atoms with van der Waals surface area (Å²) in [5.74, 6) is -0.143. The largest absolute Gasteiger partial charge is 0.334 e. The van der Waals surface area contributed by atoms with E-state index in [9.17, 15) is 4.79 Å². The minimum absolute atomic E-state index is 0.143. The van der Waals surface area contributed by atoms with E-state index in [1.165, 1.54) is 25.7 Å². The third-order valence-corrected chi connectivity index (χ3v) is 4.29. The van der Waals surface area contributed by atoms with Crippen LogP contribution in [0.1, 0.15) is 60.7 Å². The maximum Gasteiger partial charge on any atom is 0.276 e. The van der Waals surface area contributed by atoms with Crippen LogP contribution in [-0.4, -0.2) is 42.8 Å². The molecular weight excluding hydrogens is 292 g/mol. The van der Waals surface area contributed by atoms with Crippen LogP contribution in [0.4, 0.5) is 0 Å². The van der Waals surface area contributed by atoms with E-state index in [1.54, 1.807) is 36.7 Å². The molecule has 7 nitrogen and oxygen atoms in total. The van der Waals surface area contributed by atoms with Crippen LogP contribution in [0, 0.1) is 0 Å². The highest BCUT2D eigenvalue weighted by Crippen LogP contribution is 2.26. The van der Waals surface area contributed by atoms with E-state index >= 15 is 0 Å². The molecule has 0 unspecified atom stereocenters. The zero-order chi connectivity index (χ0) is 16.1. The van der Waals surface area contributed by atoms with Crippen LogP contribution in [0.3, 0.4) is 0 Å². The maximum atomic E-state index is 12.5. The summed E-state index contributed by atoms with van der Waals surface area (Å²) < 4.78 is 1.87. The van der Waals surface area contributed by atoms with Crippen molar-refractivity contribution >= 4 is 5.91 Å². The van der Waals surface area contributed by atoms with Crippen molar-refractivity contribution in [1.29, 1.82) is 0 Å². The van der Waals surface area contributed by atoms with Gasteiger partial charge in [0.25, 0.3) is 5.91 Å². The van der Waals surface area contributed by atoms with Crippen LogP contribution in [0.25, 0.3) is 0 Å². The van der Waals surface area contributed by atoms with Crippen LogP contribution in [-0.2, 0) is 6.54 Å². The highest BCUT2D eigenvalue weighted by molar-refractivity contribution is 5.91. The summed E-state index contributed by atoms with van der Waals surface area (Å²) in [7, 11) is 1.74. The van der Waals surface area contributed by atoms with Crippen molar-refractivity contribution in [2.75, 3.05) is 7.05 Å². The molecule has 1 saturated carbocycles. The van der Waals surface area contributed by atoms with Crippen LogP contribution in [0.15, 0.2) is 24.8 Å². The SMILES string of the molecule is CN(Cc1cnccn1)C(=O)c1cn(C2CCCCCC2)nn1. The molecule has 1 fully saturated rings. The fraction of sp³-hybridized carbons (Fsp3) is 0.562. The Bertz CT molecular complexity index is 633. The van der Waals surface area contributed by atoms with Crippen molar-refractivity contribution in [3.63, 3.8) is 0 Å². The van der Waals surface area contributed by atoms with E-state index in [1.807, 2.05) is 4.68 Å². The van der Waals surface area contributed by atoms with Gasteiger partial charge in [-0.25, -0.2) is 4.68 Å². The quantitative estimate of drug-likeness (QED) is 0.809. The van der Waals surface area contributed by atoms with Gasteiger partial charge in [0, 0.05) is 19.4 Å². The standard InChI is InChI=1S/C16H22N6O/c1-21(11-13-10-17-8-9-18-13)16(23)15-12-22(20-19-15)14-6-4-2-3-5-7-14/h8-10,12,14H,2-7,11H2,1H3. The number of carbonyl (C=O) groups excluding carboxylic acids is 1. The minimum atomic E-state index is -0.143. The highest BCUT2D eigenvalue weighted by atomic mass is 16.2. The lowest BCUT2D eigenvalue weighted by Gasteiger charge is -2.15. The van der Waals surface area contributed by atoms with Gasteiger partial charge in [-0.15, -0.1) is 5.10 Å². The maximum absolute atomic E-state index is 12.5. The number of rotatable bonds is 4. The normalized spacial score (nSPS) is 16.0. The molecule has 1 amide bonds. The van der Waals surface area contributed by atoms with E-state index in [0.717, 1.165) is 18.5 Å². The Morgan fingerprint density at radius 3 is 2.74 bits per heavy atom. The minimum Gasteiger partial charge on any atom is -0.334 e. The summed E-state index contributed by atoms with van der Waals surface area (Å²) in [4.78, 5) is 22.3. The van der Waals surface area contributed by atoms with Crippen molar-refractivity contribution < 1.29 is 4.79 Å². The van der Waals surface area contributed by atoms with E-state index in [0.29, 0.717) is 18.3 Å². The second-order valence-corrected chi connectivity index (χ2v) is 6.09. The molecule has 2 heterocycles. The number of nitrogens with zero attached hydrogens (tertiary/aromatic N) is 6. The summed E-state index contributed by atoms with van der Waals surface area (Å²) >= 11 is 0. The topological polar surface area (TPSA) is 76.8 Å². The number of aromatic nitrogens is 5. The van der Waals surface area contributed by atoms with Gasteiger partial charge in [0.15, 0.2) is 5.69 Å². The van der Waals surface area contributed by atoms with Crippen molar-refractivity contribution in [3.05, 3.63) is 36.2 Å². The van der Waals surface area contributed by atoms with Gasteiger partial charge in [-0.1, -0.05) is 30.9 Å². The van der Waals surface area contributed by atoms with Crippen molar-refractivity contribution in [2.45, 2.75) is 51.1 Å². The lowest BCUT2D eigenvalue weighted by Crippen LogP contribution is -2.27. The van der Waals surface area contributed by atoms with Crippen molar-refractivity contribution in [3.8, 4) is 0 Å². The number of carbonyl (C=O) groups is 1. The Balaban J connectivity index is 1.65. The molecule has 1 aliphatic rings. The molecule has 2 aromatic rings. The molecule has 122 valence electrons. The van der Waals surface area contributed by atoms with Crippen LogP contribution < -0.4 is 0 Å². The molecule has 0 aromatic carbocycles. The Labute approximate surface area is 135 Å². The van der Waals surface area contributed by atoms with Gasteiger partial charge in [-0.2, -0.15) is 0 Å². The predicted octanol–water partition coefficient (Wildman–Crippen LogP) is 2.24. The lowest BCUT2D eigenvalue weighted by atomic mass is 10.1. The average molecular weight is 314 g/mol. The van der Waals surface area contributed by atoms with Crippen LogP contribution in [0.2, 0.25) is 0 Å². The average Bonchev–Trinajstić information content (AvgIpc) is 2.90. The van der Waals surface area contributed by atoms with Crippen LogP contribution >= 0.6 is 0 Å². The van der Waals surface area contributed by atoms with Gasteiger partial charge < -0.3 is 4.90 Å². The molecule has 0 bridgehead atoms. The second-order valence-electron chi connectivity index (χ2n) is 6.09. The summed E-state index contributed by atoms with van der Waals surface area (Å²) in [5, 5.41) is 8.25. The molecule has 7 heteroatoms. The number of hydrogen-bond acceptors (Lipinski definition) is 5. The Morgan fingerprint density at radius 1 is 1.26 bits per heavy atom. The van der Waals surface area contributed by atoms with Gasteiger partial charge in [0.1, 0.15) is 0 Å². The second kappa shape index (κ2) is 7.30. The molecule has 23 heavy (non-hydrogen) atoms. The van der Waals surface area contributed by atoms with Crippen molar-refractivity contribution in [1.82, 2.24) is 29.9 Å².